The van der Waals surface area contributed by atoms with Crippen molar-refractivity contribution in [3.05, 3.63) is 24.2 Å². The second kappa shape index (κ2) is 10.7. The zero-order valence-electron chi connectivity index (χ0n) is 12.6. The maximum Gasteiger partial charge on any atom is 0.239 e. The molecule has 0 aliphatic heterocycles. The second-order valence-electron chi connectivity index (χ2n) is 4.26. The van der Waals surface area contributed by atoms with Gasteiger partial charge < -0.3 is 25.1 Å². The molecular formula is C14H24N4O3. The van der Waals surface area contributed by atoms with Gasteiger partial charge in [0.15, 0.2) is 5.96 Å². The number of nitrogens with zero attached hydrogens (tertiary/aromatic N) is 1. The molecule has 1 aromatic rings. The van der Waals surface area contributed by atoms with Crippen LogP contribution in [0.3, 0.4) is 0 Å². The van der Waals surface area contributed by atoms with Gasteiger partial charge in [-0.2, -0.15) is 0 Å². The Morgan fingerprint density at radius 3 is 2.90 bits per heavy atom. The van der Waals surface area contributed by atoms with Gasteiger partial charge in [-0.05, 0) is 25.5 Å². The molecular weight excluding hydrogens is 272 g/mol. The monoisotopic (exact) mass is 296 g/mol. The van der Waals surface area contributed by atoms with Gasteiger partial charge in [0.2, 0.25) is 5.91 Å². The molecule has 0 radical (unpaired) electrons. The maximum atomic E-state index is 11.7. The summed E-state index contributed by atoms with van der Waals surface area (Å²) in [5.41, 5.74) is 0. The van der Waals surface area contributed by atoms with E-state index in [9.17, 15) is 4.79 Å². The van der Waals surface area contributed by atoms with Crippen LogP contribution < -0.4 is 16.0 Å². The minimum Gasteiger partial charge on any atom is -0.467 e. The van der Waals surface area contributed by atoms with E-state index in [0.29, 0.717) is 19.1 Å². The van der Waals surface area contributed by atoms with E-state index in [-0.39, 0.29) is 12.5 Å². The third kappa shape index (κ3) is 7.98. The highest BCUT2D eigenvalue weighted by atomic mass is 16.5. The lowest BCUT2D eigenvalue weighted by atomic mass is 10.4. The largest absolute Gasteiger partial charge is 0.467 e. The van der Waals surface area contributed by atoms with Crippen molar-refractivity contribution in [1.29, 1.82) is 0 Å². The van der Waals surface area contributed by atoms with Gasteiger partial charge in [0.05, 0.1) is 19.4 Å². The number of nitrogens with one attached hydrogen (secondary N) is 3. The normalized spacial score (nSPS) is 11.2. The van der Waals surface area contributed by atoms with E-state index in [1.165, 1.54) is 0 Å². The van der Waals surface area contributed by atoms with Crippen LogP contribution in [0.4, 0.5) is 0 Å². The smallest absolute Gasteiger partial charge is 0.239 e. The van der Waals surface area contributed by atoms with Crippen molar-refractivity contribution in [2.45, 2.75) is 19.9 Å². The summed E-state index contributed by atoms with van der Waals surface area (Å²) < 4.78 is 10.4. The van der Waals surface area contributed by atoms with E-state index in [4.69, 9.17) is 9.15 Å². The molecule has 0 saturated carbocycles. The number of furan rings is 1. The van der Waals surface area contributed by atoms with Gasteiger partial charge in [0.25, 0.3) is 0 Å². The Bertz CT molecular complexity index is 418. The van der Waals surface area contributed by atoms with Crippen molar-refractivity contribution in [3.8, 4) is 0 Å². The molecule has 0 bridgehead atoms. The summed E-state index contributed by atoms with van der Waals surface area (Å²) in [6.45, 7) is 4.69. The van der Waals surface area contributed by atoms with Gasteiger partial charge in [-0.3, -0.25) is 9.79 Å². The number of aliphatic imine (C=N–C) groups is 1. The van der Waals surface area contributed by atoms with Crippen molar-refractivity contribution < 1.29 is 13.9 Å². The lowest BCUT2D eigenvalue weighted by molar-refractivity contribution is -0.120. The van der Waals surface area contributed by atoms with Crippen LogP contribution in [0.5, 0.6) is 0 Å². The average molecular weight is 296 g/mol. The van der Waals surface area contributed by atoms with E-state index < -0.39 is 0 Å². The van der Waals surface area contributed by atoms with E-state index in [1.807, 2.05) is 13.0 Å². The molecule has 3 N–H and O–H groups in total. The molecule has 0 fully saturated rings. The zero-order chi connectivity index (χ0) is 15.3. The standard InChI is InChI=1S/C14H24N4O3/c1-3-20-8-5-7-16-14(15-2)18-11-13(19)17-10-12-6-4-9-21-12/h4,6,9H,3,5,7-8,10-11H2,1-2H3,(H,17,19)(H2,15,16,18). The number of carbonyl (C=O) groups is 1. The fourth-order valence-electron chi connectivity index (χ4n) is 1.57. The molecule has 0 saturated heterocycles. The Morgan fingerprint density at radius 1 is 1.38 bits per heavy atom. The Kier molecular flexibility index (Phi) is 8.70. The fourth-order valence-corrected chi connectivity index (χ4v) is 1.57. The minimum atomic E-state index is -0.122. The number of amides is 1. The molecule has 0 aromatic carbocycles. The highest BCUT2D eigenvalue weighted by Gasteiger charge is 2.04. The van der Waals surface area contributed by atoms with Gasteiger partial charge in [-0.15, -0.1) is 0 Å². The predicted molar refractivity (Wildman–Crippen MR) is 81.0 cm³/mol. The van der Waals surface area contributed by atoms with E-state index in [2.05, 4.69) is 20.9 Å². The van der Waals surface area contributed by atoms with Crippen LogP contribution in [0.15, 0.2) is 27.8 Å². The van der Waals surface area contributed by atoms with E-state index in [0.717, 1.165) is 25.3 Å². The summed E-state index contributed by atoms with van der Waals surface area (Å²) in [7, 11) is 1.67. The van der Waals surface area contributed by atoms with Gasteiger partial charge in [0.1, 0.15) is 5.76 Å². The maximum absolute atomic E-state index is 11.7. The number of guanidine groups is 1. The molecule has 118 valence electrons. The third-order valence-corrected chi connectivity index (χ3v) is 2.64. The Labute approximate surface area is 125 Å². The zero-order valence-corrected chi connectivity index (χ0v) is 12.6. The lowest BCUT2D eigenvalue weighted by Crippen LogP contribution is -2.43. The molecule has 7 nitrogen and oxygen atoms in total. The van der Waals surface area contributed by atoms with Gasteiger partial charge in [0, 0.05) is 26.8 Å². The second-order valence-corrected chi connectivity index (χ2v) is 4.26. The molecule has 1 aromatic heterocycles. The summed E-state index contributed by atoms with van der Waals surface area (Å²) in [4.78, 5) is 15.7. The molecule has 7 heteroatoms. The van der Waals surface area contributed by atoms with E-state index in [1.54, 1.807) is 19.4 Å². The molecule has 0 spiro atoms. The van der Waals surface area contributed by atoms with Crippen LogP contribution in [-0.4, -0.2) is 45.2 Å². The molecule has 1 amide bonds. The van der Waals surface area contributed by atoms with Crippen LogP contribution in [0.1, 0.15) is 19.1 Å². The molecule has 1 heterocycles. The SMILES string of the molecule is CCOCCCNC(=NC)NCC(=O)NCc1ccco1. The predicted octanol–water partition coefficient (Wildman–Crippen LogP) is 0.487. The van der Waals surface area contributed by atoms with E-state index >= 15 is 0 Å². The van der Waals surface area contributed by atoms with Crippen LogP contribution in [-0.2, 0) is 16.1 Å². The van der Waals surface area contributed by atoms with Crippen LogP contribution in [0, 0.1) is 0 Å². The number of hydrogen-bond acceptors (Lipinski definition) is 4. The summed E-state index contributed by atoms with van der Waals surface area (Å²) in [6.07, 6.45) is 2.47. The van der Waals surface area contributed by atoms with Gasteiger partial charge >= 0.3 is 0 Å². The first-order valence-corrected chi connectivity index (χ1v) is 7.07. The first-order chi connectivity index (χ1) is 10.3. The molecule has 1 rings (SSSR count). The first kappa shape index (κ1) is 17.0. The number of hydrogen-bond donors (Lipinski definition) is 3. The van der Waals surface area contributed by atoms with Crippen molar-refractivity contribution >= 4 is 11.9 Å². The van der Waals surface area contributed by atoms with Crippen molar-refractivity contribution in [2.75, 3.05) is 33.4 Å². The minimum absolute atomic E-state index is 0.122. The van der Waals surface area contributed by atoms with Gasteiger partial charge in [-0.1, -0.05) is 0 Å². The number of carbonyl (C=O) groups excluding carboxylic acids is 1. The van der Waals surface area contributed by atoms with Crippen molar-refractivity contribution in [1.82, 2.24) is 16.0 Å². The molecule has 21 heavy (non-hydrogen) atoms. The van der Waals surface area contributed by atoms with Gasteiger partial charge in [-0.25, -0.2) is 0 Å². The molecule has 0 unspecified atom stereocenters. The first-order valence-electron chi connectivity index (χ1n) is 7.07. The average Bonchev–Trinajstić information content (AvgIpc) is 3.01. The summed E-state index contributed by atoms with van der Waals surface area (Å²) in [6, 6.07) is 3.60. The highest BCUT2D eigenvalue weighted by molar-refractivity contribution is 5.86. The fraction of sp³-hybridized carbons (Fsp3) is 0.571. The molecule has 0 atom stereocenters. The molecule has 0 aliphatic rings. The third-order valence-electron chi connectivity index (χ3n) is 2.64. The number of rotatable bonds is 9. The highest BCUT2D eigenvalue weighted by Crippen LogP contribution is 1.97. The Balaban J connectivity index is 2.11. The summed E-state index contributed by atoms with van der Waals surface area (Å²) in [5.74, 6) is 1.20. The van der Waals surface area contributed by atoms with Crippen molar-refractivity contribution in [3.63, 3.8) is 0 Å². The molecule has 0 aliphatic carbocycles. The summed E-state index contributed by atoms with van der Waals surface area (Å²) in [5, 5.41) is 8.81. The van der Waals surface area contributed by atoms with Crippen LogP contribution >= 0.6 is 0 Å². The summed E-state index contributed by atoms with van der Waals surface area (Å²) >= 11 is 0. The number of ether oxygens (including phenoxy) is 1. The Morgan fingerprint density at radius 2 is 2.24 bits per heavy atom. The topological polar surface area (TPSA) is 87.9 Å². The quantitative estimate of drug-likeness (QED) is 0.351. The van der Waals surface area contributed by atoms with Crippen molar-refractivity contribution in [2.24, 2.45) is 4.99 Å². The lowest BCUT2D eigenvalue weighted by Gasteiger charge is -2.11. The van der Waals surface area contributed by atoms with Crippen LogP contribution in [0.25, 0.3) is 0 Å². The van der Waals surface area contributed by atoms with Crippen LogP contribution in [0.2, 0.25) is 0 Å². The Hall–Kier alpha value is -2.02.